The molecule has 2 atom stereocenters. The van der Waals surface area contributed by atoms with Gasteiger partial charge < -0.3 is 10.6 Å². The smallest absolute Gasteiger partial charge is 0.350 e. The van der Waals surface area contributed by atoms with Gasteiger partial charge in [-0.05, 0) is 24.3 Å². The Labute approximate surface area is 151 Å². The number of hydrogen-bond acceptors (Lipinski definition) is 4. The number of carbonyl (C=O) groups is 1. The number of halogens is 4. The number of rotatable bonds is 4. The van der Waals surface area contributed by atoms with Crippen LogP contribution in [0.5, 0.6) is 0 Å². The second kappa shape index (κ2) is 7.36. The van der Waals surface area contributed by atoms with Gasteiger partial charge in [-0.3, -0.25) is 4.79 Å². The van der Waals surface area contributed by atoms with Crippen molar-refractivity contribution >= 4 is 5.91 Å². The van der Waals surface area contributed by atoms with Crippen LogP contribution in [-0.2, 0) is 17.5 Å². The molecule has 0 spiro atoms. The molecule has 3 rings (SSSR count). The Bertz CT molecular complexity index is 869. The van der Waals surface area contributed by atoms with E-state index in [0.29, 0.717) is 11.3 Å². The number of nitriles is 1. The maximum Gasteiger partial charge on any atom is 0.416 e. The Morgan fingerprint density at radius 1 is 1.37 bits per heavy atom. The van der Waals surface area contributed by atoms with Crippen LogP contribution >= 0.6 is 0 Å². The fourth-order valence-corrected chi connectivity index (χ4v) is 2.77. The molecule has 1 saturated heterocycles. The lowest BCUT2D eigenvalue weighted by atomic mass is 10.2. The lowest BCUT2D eigenvalue weighted by Gasteiger charge is -2.10. The average Bonchev–Trinajstić information content (AvgIpc) is 3.25. The van der Waals surface area contributed by atoms with Crippen molar-refractivity contribution < 1.29 is 22.4 Å². The first-order valence-corrected chi connectivity index (χ1v) is 8.09. The molecule has 2 N–H and O–H groups in total. The summed E-state index contributed by atoms with van der Waals surface area (Å²) in [5.41, 5.74) is -0.00470. The third-order valence-electron chi connectivity index (χ3n) is 4.20. The number of alkyl halides is 4. The van der Waals surface area contributed by atoms with Crippen LogP contribution in [0.4, 0.5) is 17.6 Å². The molecular weight excluding hydrogens is 366 g/mol. The van der Waals surface area contributed by atoms with E-state index in [9.17, 15) is 27.6 Å². The molecule has 1 aliphatic heterocycles. The Morgan fingerprint density at radius 3 is 2.63 bits per heavy atom. The van der Waals surface area contributed by atoms with Crippen LogP contribution in [0.1, 0.15) is 23.2 Å². The summed E-state index contributed by atoms with van der Waals surface area (Å²) < 4.78 is 52.3. The van der Waals surface area contributed by atoms with Gasteiger partial charge >= 0.3 is 6.18 Å². The predicted octanol–water partition coefficient (Wildman–Crippen LogP) is 2.08. The fourth-order valence-electron chi connectivity index (χ4n) is 2.77. The summed E-state index contributed by atoms with van der Waals surface area (Å²) in [6.45, 7) is 0.116. The third-order valence-corrected chi connectivity index (χ3v) is 4.20. The first-order chi connectivity index (χ1) is 12.8. The third kappa shape index (κ3) is 4.25. The van der Waals surface area contributed by atoms with Gasteiger partial charge in [0, 0.05) is 31.3 Å². The molecule has 0 unspecified atom stereocenters. The zero-order chi connectivity index (χ0) is 19.6. The van der Waals surface area contributed by atoms with Gasteiger partial charge in [0.1, 0.15) is 12.2 Å². The molecule has 0 radical (unpaired) electrons. The Balaban J connectivity index is 1.72. The molecule has 0 bridgehead atoms. The number of amides is 1. The van der Waals surface area contributed by atoms with Gasteiger partial charge in [-0.25, -0.2) is 9.07 Å². The lowest BCUT2D eigenvalue weighted by Crippen LogP contribution is -2.40. The molecule has 1 aromatic carbocycles. The molecule has 142 valence electrons. The maximum absolute atomic E-state index is 13.1. The van der Waals surface area contributed by atoms with Crippen LogP contribution in [0, 0.1) is 11.3 Å². The summed E-state index contributed by atoms with van der Waals surface area (Å²) >= 11 is 0. The number of nitrogens with zero attached hydrogens (tertiary/aromatic N) is 3. The monoisotopic (exact) mass is 381 g/mol. The van der Waals surface area contributed by atoms with Crippen LogP contribution in [0.3, 0.4) is 0 Å². The predicted molar refractivity (Wildman–Crippen MR) is 86.4 cm³/mol. The van der Waals surface area contributed by atoms with E-state index in [2.05, 4.69) is 15.7 Å². The molecule has 1 aromatic heterocycles. The SMILES string of the molecule is N#Cc1nn(-c2ccc(C(F)(F)F)cc2)cc1CNC(=O)[C@H]1C[C@@H](F)CN1. The van der Waals surface area contributed by atoms with Crippen LogP contribution < -0.4 is 10.6 Å². The molecule has 1 amide bonds. The van der Waals surface area contributed by atoms with Crippen LogP contribution in [0.2, 0.25) is 0 Å². The van der Waals surface area contributed by atoms with Crippen molar-refractivity contribution in [3.63, 3.8) is 0 Å². The largest absolute Gasteiger partial charge is 0.416 e. The van der Waals surface area contributed by atoms with E-state index in [-0.39, 0.29) is 31.1 Å². The van der Waals surface area contributed by atoms with Crippen molar-refractivity contribution in [3.05, 3.63) is 47.3 Å². The average molecular weight is 381 g/mol. The second-order valence-electron chi connectivity index (χ2n) is 6.12. The van der Waals surface area contributed by atoms with E-state index in [1.54, 1.807) is 0 Å². The summed E-state index contributed by atoms with van der Waals surface area (Å²) in [5.74, 6) is -0.388. The molecule has 0 aliphatic carbocycles. The highest BCUT2D eigenvalue weighted by Crippen LogP contribution is 2.29. The minimum absolute atomic E-state index is 0.00249. The van der Waals surface area contributed by atoms with Gasteiger partial charge in [0.25, 0.3) is 0 Å². The van der Waals surface area contributed by atoms with Crippen LogP contribution in [-0.4, -0.2) is 34.4 Å². The normalized spacial score (nSPS) is 19.7. The van der Waals surface area contributed by atoms with E-state index in [4.69, 9.17) is 0 Å². The van der Waals surface area contributed by atoms with Crippen molar-refractivity contribution in [2.75, 3.05) is 6.54 Å². The van der Waals surface area contributed by atoms with Gasteiger partial charge in [0.2, 0.25) is 5.91 Å². The Morgan fingerprint density at radius 2 is 2.07 bits per heavy atom. The highest BCUT2D eigenvalue weighted by atomic mass is 19.4. The molecular formula is C17H15F4N5O. The van der Waals surface area contributed by atoms with Gasteiger partial charge in [-0.2, -0.15) is 23.5 Å². The topological polar surface area (TPSA) is 82.7 Å². The molecule has 2 heterocycles. The Hall–Kier alpha value is -2.93. The highest BCUT2D eigenvalue weighted by molar-refractivity contribution is 5.82. The molecule has 2 aromatic rings. The minimum atomic E-state index is -4.44. The maximum atomic E-state index is 13.1. The van der Waals surface area contributed by atoms with Gasteiger partial charge in [0.15, 0.2) is 5.69 Å². The summed E-state index contributed by atoms with van der Waals surface area (Å²) in [6.07, 6.45) is -3.97. The van der Waals surface area contributed by atoms with Crippen LogP contribution in [0.15, 0.2) is 30.5 Å². The minimum Gasteiger partial charge on any atom is -0.350 e. The summed E-state index contributed by atoms with van der Waals surface area (Å²) in [7, 11) is 0. The van der Waals surface area contributed by atoms with Gasteiger partial charge in [-0.1, -0.05) is 0 Å². The molecule has 0 saturated carbocycles. The molecule has 6 nitrogen and oxygen atoms in total. The quantitative estimate of drug-likeness (QED) is 0.795. The van der Waals surface area contributed by atoms with E-state index >= 15 is 0 Å². The molecule has 10 heteroatoms. The first-order valence-electron chi connectivity index (χ1n) is 8.09. The zero-order valence-electron chi connectivity index (χ0n) is 13.9. The lowest BCUT2D eigenvalue weighted by molar-refractivity contribution is -0.137. The number of hydrogen-bond donors (Lipinski definition) is 2. The van der Waals surface area contributed by atoms with Gasteiger partial charge in [-0.15, -0.1) is 0 Å². The van der Waals surface area contributed by atoms with Crippen molar-refractivity contribution in [2.24, 2.45) is 0 Å². The van der Waals surface area contributed by atoms with Gasteiger partial charge in [0.05, 0.1) is 17.3 Å². The van der Waals surface area contributed by atoms with Crippen molar-refractivity contribution in [2.45, 2.75) is 31.4 Å². The van der Waals surface area contributed by atoms with Crippen molar-refractivity contribution in [1.29, 1.82) is 5.26 Å². The van der Waals surface area contributed by atoms with E-state index in [0.717, 1.165) is 12.1 Å². The molecule has 1 aliphatic rings. The van der Waals surface area contributed by atoms with Crippen molar-refractivity contribution in [3.8, 4) is 11.8 Å². The van der Waals surface area contributed by atoms with E-state index in [1.165, 1.54) is 23.0 Å². The number of benzene rings is 1. The van der Waals surface area contributed by atoms with E-state index in [1.807, 2.05) is 6.07 Å². The fraction of sp³-hybridized carbons (Fsp3) is 0.353. The molecule has 27 heavy (non-hydrogen) atoms. The van der Waals surface area contributed by atoms with E-state index < -0.39 is 24.0 Å². The standard InChI is InChI=1S/C17H15F4N5O/c18-12-5-14(23-8-12)16(27)24-7-10-9-26(25-15(10)6-22)13-3-1-11(2-4-13)17(19,20)21/h1-4,9,12,14,23H,5,7-8H2,(H,24,27)/t12-,14-/m1/s1. The number of nitrogens with one attached hydrogen (secondary N) is 2. The number of carbonyl (C=O) groups excluding carboxylic acids is 1. The highest BCUT2D eigenvalue weighted by Gasteiger charge is 2.30. The zero-order valence-corrected chi connectivity index (χ0v) is 13.9. The summed E-state index contributed by atoms with van der Waals surface area (Å²) in [6, 6.07) is 5.57. The first kappa shape index (κ1) is 18.8. The summed E-state index contributed by atoms with van der Waals surface area (Å²) in [4.78, 5) is 12.0. The second-order valence-corrected chi connectivity index (χ2v) is 6.12. The summed E-state index contributed by atoms with van der Waals surface area (Å²) in [5, 5.41) is 18.6. The molecule has 1 fully saturated rings. The Kier molecular flexibility index (Phi) is 5.14. The van der Waals surface area contributed by atoms with Crippen LogP contribution in [0.25, 0.3) is 5.69 Å². The number of aromatic nitrogens is 2. The van der Waals surface area contributed by atoms with Crippen molar-refractivity contribution in [1.82, 2.24) is 20.4 Å².